The number of benzene rings is 2. The molecule has 32 heavy (non-hydrogen) atoms. The van der Waals surface area contributed by atoms with E-state index in [2.05, 4.69) is 22.8 Å². The Morgan fingerprint density at radius 2 is 1.53 bits per heavy atom. The van der Waals surface area contributed by atoms with Gasteiger partial charge in [0.25, 0.3) is 0 Å². The highest BCUT2D eigenvalue weighted by molar-refractivity contribution is 5.89. The molecule has 2 aromatic rings. The van der Waals surface area contributed by atoms with Crippen LogP contribution in [0.15, 0.2) is 48.5 Å². The molecule has 0 bridgehead atoms. The van der Waals surface area contributed by atoms with Gasteiger partial charge in [0.05, 0.1) is 0 Å². The molecule has 2 atom stereocenters. The summed E-state index contributed by atoms with van der Waals surface area (Å²) in [6.07, 6.45) is 0.318. The van der Waals surface area contributed by atoms with Crippen molar-refractivity contribution < 1.29 is 24.2 Å². The van der Waals surface area contributed by atoms with Crippen LogP contribution in [0, 0.1) is 5.92 Å². The van der Waals surface area contributed by atoms with Gasteiger partial charge in [0.15, 0.2) is 0 Å². The van der Waals surface area contributed by atoms with Crippen LogP contribution in [-0.4, -0.2) is 41.8 Å². The molecular weight excluding hydrogens is 408 g/mol. The van der Waals surface area contributed by atoms with Crippen molar-refractivity contribution in [2.45, 2.75) is 51.6 Å². The minimum Gasteiger partial charge on any atom is -0.480 e. The Hall–Kier alpha value is -3.35. The summed E-state index contributed by atoms with van der Waals surface area (Å²) < 4.78 is 5.52. The van der Waals surface area contributed by atoms with E-state index in [-0.39, 0.29) is 18.4 Å². The van der Waals surface area contributed by atoms with Crippen LogP contribution in [0.25, 0.3) is 11.1 Å². The Morgan fingerprint density at radius 1 is 0.969 bits per heavy atom. The molecule has 0 heterocycles. The van der Waals surface area contributed by atoms with Crippen LogP contribution in [-0.2, 0) is 14.3 Å². The Bertz CT molecular complexity index is 942. The molecule has 7 nitrogen and oxygen atoms in total. The van der Waals surface area contributed by atoms with Gasteiger partial charge >= 0.3 is 12.1 Å². The Kier molecular flexibility index (Phi) is 7.51. The highest BCUT2D eigenvalue weighted by Crippen LogP contribution is 2.44. The third kappa shape index (κ3) is 5.10. The largest absolute Gasteiger partial charge is 0.480 e. The minimum atomic E-state index is -1.11. The average Bonchev–Trinajstić information content (AvgIpc) is 3.09. The molecule has 2 amide bonds. The zero-order chi connectivity index (χ0) is 23.3. The molecule has 0 fully saturated rings. The van der Waals surface area contributed by atoms with Crippen LogP contribution in [0.4, 0.5) is 4.79 Å². The normalized spacial score (nSPS) is 14.2. The molecule has 0 radical (unpaired) electrons. The number of amides is 2. The zero-order valence-corrected chi connectivity index (χ0v) is 18.6. The van der Waals surface area contributed by atoms with E-state index in [1.165, 1.54) is 0 Å². The lowest BCUT2D eigenvalue weighted by atomic mass is 9.98. The Labute approximate surface area is 188 Å². The van der Waals surface area contributed by atoms with Crippen molar-refractivity contribution in [3.8, 4) is 11.1 Å². The maximum absolute atomic E-state index is 12.6. The molecule has 3 N–H and O–H groups in total. The number of rotatable bonds is 9. The van der Waals surface area contributed by atoms with Crippen molar-refractivity contribution in [3.63, 3.8) is 0 Å². The van der Waals surface area contributed by atoms with Crippen molar-refractivity contribution in [3.05, 3.63) is 59.7 Å². The molecule has 170 valence electrons. The number of aliphatic carboxylic acids is 1. The van der Waals surface area contributed by atoms with Crippen molar-refractivity contribution >= 4 is 18.0 Å². The molecule has 0 spiro atoms. The molecule has 7 heteroatoms. The lowest BCUT2D eigenvalue weighted by molar-refractivity contribution is -0.143. The van der Waals surface area contributed by atoms with E-state index >= 15 is 0 Å². The predicted octanol–water partition coefficient (Wildman–Crippen LogP) is 3.92. The third-order valence-electron chi connectivity index (χ3n) is 5.76. The predicted molar refractivity (Wildman–Crippen MR) is 121 cm³/mol. The zero-order valence-electron chi connectivity index (χ0n) is 18.6. The number of carboxylic acids is 1. The third-order valence-corrected chi connectivity index (χ3v) is 5.76. The SMILES string of the molecule is CCCC(NC(=O)OCC1c2ccccc2-c2ccccc21)C(=O)NC(C(=O)O)C(C)C. The van der Waals surface area contributed by atoms with Gasteiger partial charge in [-0.15, -0.1) is 0 Å². The number of nitrogens with one attached hydrogen (secondary N) is 2. The topological polar surface area (TPSA) is 105 Å². The van der Waals surface area contributed by atoms with Gasteiger partial charge < -0.3 is 20.5 Å². The first-order valence-electron chi connectivity index (χ1n) is 11.0. The monoisotopic (exact) mass is 438 g/mol. The fourth-order valence-corrected chi connectivity index (χ4v) is 4.11. The number of carboxylic acid groups (broad SMARTS) is 1. The molecule has 0 aliphatic heterocycles. The van der Waals surface area contributed by atoms with Crippen LogP contribution in [0.3, 0.4) is 0 Å². The summed E-state index contributed by atoms with van der Waals surface area (Å²) in [6, 6.07) is 14.2. The molecular formula is C25H30N2O5. The van der Waals surface area contributed by atoms with E-state index in [1.54, 1.807) is 13.8 Å². The van der Waals surface area contributed by atoms with Gasteiger partial charge in [0, 0.05) is 5.92 Å². The van der Waals surface area contributed by atoms with E-state index < -0.39 is 30.1 Å². The van der Waals surface area contributed by atoms with Crippen LogP contribution in [0.1, 0.15) is 50.7 Å². The molecule has 0 aromatic heterocycles. The fourth-order valence-electron chi connectivity index (χ4n) is 4.11. The lowest BCUT2D eigenvalue weighted by Gasteiger charge is -2.23. The minimum absolute atomic E-state index is 0.0797. The van der Waals surface area contributed by atoms with Crippen LogP contribution in [0.5, 0.6) is 0 Å². The molecule has 1 aliphatic carbocycles. The fraction of sp³-hybridized carbons (Fsp3) is 0.400. The summed E-state index contributed by atoms with van der Waals surface area (Å²) >= 11 is 0. The van der Waals surface area contributed by atoms with Crippen molar-refractivity contribution in [1.82, 2.24) is 10.6 Å². The summed E-state index contributed by atoms with van der Waals surface area (Å²) in [5.41, 5.74) is 4.47. The number of carbonyl (C=O) groups is 3. The summed E-state index contributed by atoms with van der Waals surface area (Å²) in [4.78, 5) is 36.6. The molecule has 2 aromatic carbocycles. The van der Waals surface area contributed by atoms with E-state index in [0.29, 0.717) is 12.8 Å². The Balaban J connectivity index is 1.65. The maximum atomic E-state index is 12.6. The first-order valence-corrected chi connectivity index (χ1v) is 11.0. The van der Waals surface area contributed by atoms with Crippen LogP contribution < -0.4 is 10.6 Å². The van der Waals surface area contributed by atoms with Crippen molar-refractivity contribution in [2.75, 3.05) is 6.61 Å². The second-order valence-electron chi connectivity index (χ2n) is 8.38. The summed E-state index contributed by atoms with van der Waals surface area (Å²) in [5.74, 6) is -2.00. The van der Waals surface area contributed by atoms with Gasteiger partial charge in [0.1, 0.15) is 18.7 Å². The highest BCUT2D eigenvalue weighted by atomic mass is 16.5. The van der Waals surface area contributed by atoms with Gasteiger partial charge in [-0.3, -0.25) is 4.79 Å². The number of fused-ring (bicyclic) bond motifs is 3. The molecule has 3 rings (SSSR count). The number of ether oxygens (including phenoxy) is 1. The van der Waals surface area contributed by atoms with Gasteiger partial charge in [-0.2, -0.15) is 0 Å². The number of hydrogen-bond acceptors (Lipinski definition) is 4. The quantitative estimate of drug-likeness (QED) is 0.550. The molecule has 1 aliphatic rings. The lowest BCUT2D eigenvalue weighted by Crippen LogP contribution is -2.53. The van der Waals surface area contributed by atoms with E-state index in [1.807, 2.05) is 43.3 Å². The smallest absolute Gasteiger partial charge is 0.407 e. The second-order valence-corrected chi connectivity index (χ2v) is 8.38. The van der Waals surface area contributed by atoms with E-state index in [4.69, 9.17) is 4.74 Å². The first-order chi connectivity index (χ1) is 15.3. The van der Waals surface area contributed by atoms with E-state index in [9.17, 15) is 19.5 Å². The highest BCUT2D eigenvalue weighted by Gasteiger charge is 2.31. The van der Waals surface area contributed by atoms with Gasteiger partial charge in [0.2, 0.25) is 5.91 Å². The summed E-state index contributed by atoms with van der Waals surface area (Å²) in [6.45, 7) is 5.46. The first kappa shape index (κ1) is 23.3. The number of hydrogen-bond donors (Lipinski definition) is 3. The van der Waals surface area contributed by atoms with Gasteiger partial charge in [-0.1, -0.05) is 75.7 Å². The number of carbonyl (C=O) groups excluding carboxylic acids is 2. The average molecular weight is 439 g/mol. The van der Waals surface area contributed by atoms with Crippen LogP contribution >= 0.6 is 0 Å². The van der Waals surface area contributed by atoms with Gasteiger partial charge in [-0.25, -0.2) is 9.59 Å². The Morgan fingerprint density at radius 3 is 2.03 bits per heavy atom. The molecule has 0 saturated heterocycles. The van der Waals surface area contributed by atoms with E-state index in [0.717, 1.165) is 22.3 Å². The van der Waals surface area contributed by atoms with Crippen molar-refractivity contribution in [1.29, 1.82) is 0 Å². The van der Waals surface area contributed by atoms with Gasteiger partial charge in [-0.05, 0) is 34.6 Å². The maximum Gasteiger partial charge on any atom is 0.407 e. The standard InChI is InChI=1S/C25H30N2O5/c1-4-9-21(23(28)27-22(15(2)3)24(29)30)26-25(31)32-14-20-18-12-7-5-10-16(18)17-11-6-8-13-19(17)20/h5-8,10-13,15,20-22H,4,9,14H2,1-3H3,(H,26,31)(H,27,28)(H,29,30). The number of alkyl carbamates (subject to hydrolysis) is 1. The molecule has 0 saturated carbocycles. The summed E-state index contributed by atoms with van der Waals surface area (Å²) in [5, 5.41) is 14.5. The second kappa shape index (κ2) is 10.3. The molecule has 2 unspecified atom stereocenters. The van der Waals surface area contributed by atoms with Crippen molar-refractivity contribution in [2.24, 2.45) is 5.92 Å². The van der Waals surface area contributed by atoms with Crippen LogP contribution in [0.2, 0.25) is 0 Å². The summed E-state index contributed by atoms with van der Waals surface area (Å²) in [7, 11) is 0.